The Morgan fingerprint density at radius 1 is 0.733 bits per heavy atom. The van der Waals surface area contributed by atoms with Gasteiger partial charge in [-0.25, -0.2) is 0 Å². The maximum atomic E-state index is 3.19. The summed E-state index contributed by atoms with van der Waals surface area (Å²) in [6, 6.07) is 0. The van der Waals surface area contributed by atoms with Crippen molar-refractivity contribution < 1.29 is 0 Å². The van der Waals surface area contributed by atoms with Crippen molar-refractivity contribution in [3.05, 3.63) is 0 Å². The summed E-state index contributed by atoms with van der Waals surface area (Å²) in [5.74, 6) is 0. The van der Waals surface area contributed by atoms with Crippen molar-refractivity contribution in [2.45, 2.75) is 51.4 Å². The van der Waals surface area contributed by atoms with E-state index in [1.807, 2.05) is 7.05 Å². The molecule has 0 saturated carbocycles. The summed E-state index contributed by atoms with van der Waals surface area (Å²) in [6.45, 7) is 2.44. The smallest absolute Gasteiger partial charge is 0.00248 e. The van der Waals surface area contributed by atoms with Gasteiger partial charge in [0, 0.05) is 0 Å². The van der Waals surface area contributed by atoms with E-state index in [0.29, 0.717) is 0 Å². The van der Waals surface area contributed by atoms with Gasteiger partial charge in [-0.2, -0.15) is 0 Å². The summed E-state index contributed by atoms with van der Waals surface area (Å²) < 4.78 is 0. The van der Waals surface area contributed by atoms with Gasteiger partial charge in [0.15, 0.2) is 0 Å². The van der Waals surface area contributed by atoms with Gasteiger partial charge in [0.05, 0.1) is 0 Å². The zero-order valence-electron chi connectivity index (χ0n) is 11.0. The summed E-state index contributed by atoms with van der Waals surface area (Å²) in [4.78, 5) is 2.28. The number of hydrogen-bond acceptors (Lipinski definition) is 2. The molecule has 0 spiro atoms. The van der Waals surface area contributed by atoms with Crippen LogP contribution in [-0.4, -0.2) is 39.1 Å². The van der Waals surface area contributed by atoms with Gasteiger partial charge in [-0.1, -0.05) is 38.5 Å². The molecule has 0 aromatic heterocycles. The number of hydrogen-bond donors (Lipinski definition) is 1. The summed E-state index contributed by atoms with van der Waals surface area (Å²) in [6.07, 6.45) is 11.3. The van der Waals surface area contributed by atoms with E-state index in [4.69, 9.17) is 0 Å². The van der Waals surface area contributed by atoms with Crippen LogP contribution in [0.25, 0.3) is 0 Å². The van der Waals surface area contributed by atoms with E-state index in [2.05, 4.69) is 24.3 Å². The molecule has 0 saturated heterocycles. The lowest BCUT2D eigenvalue weighted by molar-refractivity contribution is 0.389. The molecule has 92 valence electrons. The number of rotatable bonds is 11. The average molecular weight is 214 g/mol. The molecule has 1 N–H and O–H groups in total. The Balaban J connectivity index is 2.87. The Kier molecular flexibility index (Phi) is 11.9. The van der Waals surface area contributed by atoms with Crippen LogP contribution in [0.4, 0.5) is 0 Å². The second-order valence-corrected chi connectivity index (χ2v) is 4.74. The zero-order valence-corrected chi connectivity index (χ0v) is 11.0. The lowest BCUT2D eigenvalue weighted by Gasteiger charge is -2.08. The first-order chi connectivity index (χ1) is 7.27. The molecular weight excluding hydrogens is 184 g/mol. The molecule has 0 radical (unpaired) electrons. The number of unbranched alkanes of at least 4 members (excludes halogenated alkanes) is 7. The van der Waals surface area contributed by atoms with Crippen LogP contribution in [0.5, 0.6) is 0 Å². The Labute approximate surface area is 96.4 Å². The number of nitrogens with one attached hydrogen (secondary N) is 1. The van der Waals surface area contributed by atoms with E-state index in [1.165, 1.54) is 64.5 Å². The Bertz CT molecular complexity index is 113. The standard InChI is InChI=1S/C13H30N2/c1-14-12-10-8-6-4-5-7-9-11-13-15(2)3/h14H,4-13H2,1-3H3. The monoisotopic (exact) mass is 214 g/mol. The van der Waals surface area contributed by atoms with Crippen LogP contribution in [0.1, 0.15) is 51.4 Å². The molecule has 2 heteroatoms. The maximum absolute atomic E-state index is 3.19. The third-order valence-electron chi connectivity index (χ3n) is 2.78. The molecule has 0 amide bonds. The largest absolute Gasteiger partial charge is 0.320 e. The zero-order chi connectivity index (χ0) is 11.4. The minimum atomic E-state index is 1.18. The van der Waals surface area contributed by atoms with E-state index in [-0.39, 0.29) is 0 Å². The van der Waals surface area contributed by atoms with E-state index in [0.717, 1.165) is 0 Å². The molecule has 0 fully saturated rings. The van der Waals surface area contributed by atoms with E-state index in [1.54, 1.807) is 0 Å². The predicted octanol–water partition coefficient (Wildman–Crippen LogP) is 2.89. The van der Waals surface area contributed by atoms with Crippen molar-refractivity contribution in [1.29, 1.82) is 0 Å². The molecule has 0 unspecified atom stereocenters. The predicted molar refractivity (Wildman–Crippen MR) is 69.4 cm³/mol. The van der Waals surface area contributed by atoms with Crippen molar-refractivity contribution in [3.63, 3.8) is 0 Å². The molecule has 0 rings (SSSR count). The lowest BCUT2D eigenvalue weighted by Crippen LogP contribution is -2.12. The molecule has 0 heterocycles. The summed E-state index contributed by atoms with van der Waals surface area (Å²) in [7, 11) is 6.34. The van der Waals surface area contributed by atoms with E-state index >= 15 is 0 Å². The second kappa shape index (κ2) is 12.0. The molecule has 0 aromatic rings. The van der Waals surface area contributed by atoms with Crippen molar-refractivity contribution in [2.24, 2.45) is 0 Å². The van der Waals surface area contributed by atoms with Crippen LogP contribution in [0.2, 0.25) is 0 Å². The maximum Gasteiger partial charge on any atom is -0.00248 e. The third-order valence-corrected chi connectivity index (χ3v) is 2.78. The van der Waals surface area contributed by atoms with Gasteiger partial charge >= 0.3 is 0 Å². The number of nitrogens with zero attached hydrogens (tertiary/aromatic N) is 1. The first-order valence-corrected chi connectivity index (χ1v) is 6.56. The topological polar surface area (TPSA) is 15.3 Å². The fraction of sp³-hybridized carbons (Fsp3) is 1.00. The summed E-state index contributed by atoms with van der Waals surface area (Å²) in [5, 5.41) is 3.19. The van der Waals surface area contributed by atoms with Gasteiger partial charge in [-0.05, 0) is 47.1 Å². The lowest BCUT2D eigenvalue weighted by atomic mass is 10.1. The minimum absolute atomic E-state index is 1.18. The summed E-state index contributed by atoms with van der Waals surface area (Å²) >= 11 is 0. The molecule has 0 atom stereocenters. The van der Waals surface area contributed by atoms with Crippen LogP contribution in [-0.2, 0) is 0 Å². The van der Waals surface area contributed by atoms with Crippen LogP contribution in [0, 0.1) is 0 Å². The highest BCUT2D eigenvalue weighted by Crippen LogP contribution is 2.08. The van der Waals surface area contributed by atoms with Gasteiger partial charge in [0.1, 0.15) is 0 Å². The molecule has 2 nitrogen and oxygen atoms in total. The average Bonchev–Trinajstić information content (AvgIpc) is 2.20. The van der Waals surface area contributed by atoms with E-state index in [9.17, 15) is 0 Å². The highest BCUT2D eigenvalue weighted by atomic mass is 15.0. The fourth-order valence-electron chi connectivity index (χ4n) is 1.79. The molecule has 0 aromatic carbocycles. The highest BCUT2D eigenvalue weighted by Gasteiger charge is 1.93. The quantitative estimate of drug-likeness (QED) is 0.532. The molecule has 0 bridgehead atoms. The van der Waals surface area contributed by atoms with Gasteiger partial charge in [-0.15, -0.1) is 0 Å². The Morgan fingerprint density at radius 2 is 1.20 bits per heavy atom. The second-order valence-electron chi connectivity index (χ2n) is 4.74. The molecular formula is C13H30N2. The Hall–Kier alpha value is -0.0800. The van der Waals surface area contributed by atoms with Crippen molar-refractivity contribution in [2.75, 3.05) is 34.2 Å². The summed E-state index contributed by atoms with van der Waals surface area (Å²) in [5.41, 5.74) is 0. The van der Waals surface area contributed by atoms with Crippen LogP contribution >= 0.6 is 0 Å². The van der Waals surface area contributed by atoms with Crippen molar-refractivity contribution in [3.8, 4) is 0 Å². The molecule has 0 aliphatic heterocycles. The minimum Gasteiger partial charge on any atom is -0.320 e. The fourth-order valence-corrected chi connectivity index (χ4v) is 1.79. The normalized spacial score (nSPS) is 11.2. The van der Waals surface area contributed by atoms with Crippen LogP contribution in [0.15, 0.2) is 0 Å². The van der Waals surface area contributed by atoms with Gasteiger partial charge in [-0.3, -0.25) is 0 Å². The van der Waals surface area contributed by atoms with Gasteiger partial charge in [0.25, 0.3) is 0 Å². The van der Waals surface area contributed by atoms with Crippen LogP contribution < -0.4 is 5.32 Å². The van der Waals surface area contributed by atoms with Gasteiger partial charge < -0.3 is 10.2 Å². The van der Waals surface area contributed by atoms with E-state index < -0.39 is 0 Å². The third kappa shape index (κ3) is 13.9. The highest BCUT2D eigenvalue weighted by molar-refractivity contribution is 4.49. The van der Waals surface area contributed by atoms with Gasteiger partial charge in [0.2, 0.25) is 0 Å². The molecule has 0 aliphatic rings. The van der Waals surface area contributed by atoms with Crippen LogP contribution in [0.3, 0.4) is 0 Å². The molecule has 0 aliphatic carbocycles. The first kappa shape index (κ1) is 14.9. The molecule has 15 heavy (non-hydrogen) atoms. The van der Waals surface area contributed by atoms with Crippen molar-refractivity contribution in [1.82, 2.24) is 10.2 Å². The first-order valence-electron chi connectivity index (χ1n) is 6.56. The Morgan fingerprint density at radius 3 is 1.67 bits per heavy atom. The SMILES string of the molecule is CNCCCCCCCCCCN(C)C. The van der Waals surface area contributed by atoms with Crippen molar-refractivity contribution >= 4 is 0 Å².